The number of fused-ring (bicyclic) bond motifs is 1. The topological polar surface area (TPSA) is 66.1 Å². The molecule has 5 nitrogen and oxygen atoms in total. The van der Waals surface area contributed by atoms with Gasteiger partial charge in [-0.15, -0.1) is 0 Å². The van der Waals surface area contributed by atoms with Gasteiger partial charge in [-0.1, -0.05) is 0 Å². The number of nitrogens with zero attached hydrogens (tertiary/aromatic N) is 1. The molecule has 5 heteroatoms. The van der Waals surface area contributed by atoms with Crippen molar-refractivity contribution in [3.63, 3.8) is 0 Å². The Balaban J connectivity index is 2.44. The molecule has 0 atom stereocenters. The number of hydrogen-bond acceptors (Lipinski definition) is 5. The van der Waals surface area contributed by atoms with E-state index in [-0.39, 0.29) is 0 Å². The maximum atomic E-state index is 5.55. The predicted octanol–water partition coefficient (Wildman–Crippen LogP) is 1.15. The van der Waals surface area contributed by atoms with Crippen molar-refractivity contribution in [3.8, 4) is 17.2 Å². The monoisotopic (exact) mass is 222 g/mol. The van der Waals surface area contributed by atoms with Gasteiger partial charge in [0.15, 0.2) is 11.5 Å². The van der Waals surface area contributed by atoms with Gasteiger partial charge < -0.3 is 20.1 Å². The van der Waals surface area contributed by atoms with Crippen molar-refractivity contribution in [1.29, 1.82) is 0 Å². The van der Waals surface area contributed by atoms with E-state index < -0.39 is 0 Å². The molecule has 0 spiro atoms. The number of hydrazone groups is 1. The Morgan fingerprint density at radius 3 is 2.62 bits per heavy atom. The molecule has 0 amide bonds. The van der Waals surface area contributed by atoms with E-state index in [2.05, 4.69) is 5.10 Å². The third-order valence-electron chi connectivity index (χ3n) is 2.31. The second kappa shape index (κ2) is 4.74. The van der Waals surface area contributed by atoms with Crippen molar-refractivity contribution < 1.29 is 14.2 Å². The second-order valence-electron chi connectivity index (χ2n) is 3.37. The Bertz CT molecular complexity index is 404. The number of rotatable bonds is 2. The summed E-state index contributed by atoms with van der Waals surface area (Å²) in [7, 11) is 1.59. The number of methoxy groups -OCH3 is 1. The first-order valence-electron chi connectivity index (χ1n) is 5.06. The van der Waals surface area contributed by atoms with Crippen LogP contribution >= 0.6 is 0 Å². The number of ether oxygens (including phenoxy) is 3. The first-order valence-corrected chi connectivity index (χ1v) is 5.06. The normalized spacial score (nSPS) is 14.8. The van der Waals surface area contributed by atoms with Gasteiger partial charge in [0, 0.05) is 18.1 Å². The van der Waals surface area contributed by atoms with Crippen LogP contribution in [0.2, 0.25) is 0 Å². The smallest absolute Gasteiger partial charge is 0.164 e. The Kier molecular flexibility index (Phi) is 3.14. The highest BCUT2D eigenvalue weighted by molar-refractivity contribution is 5.85. The van der Waals surface area contributed by atoms with Crippen LogP contribution in [0, 0.1) is 0 Å². The van der Waals surface area contributed by atoms with Gasteiger partial charge >= 0.3 is 0 Å². The lowest BCUT2D eigenvalue weighted by molar-refractivity contribution is 0.296. The zero-order chi connectivity index (χ0) is 11.4. The van der Waals surface area contributed by atoms with Crippen molar-refractivity contribution in [2.24, 2.45) is 10.9 Å². The summed E-state index contributed by atoms with van der Waals surface area (Å²) >= 11 is 0. The largest absolute Gasteiger partial charge is 0.496 e. The quantitative estimate of drug-likeness (QED) is 0.463. The van der Waals surface area contributed by atoms with Crippen molar-refractivity contribution in [3.05, 3.63) is 17.7 Å². The van der Waals surface area contributed by atoms with E-state index in [1.807, 2.05) is 6.07 Å². The molecule has 0 unspecified atom stereocenters. The van der Waals surface area contributed by atoms with Gasteiger partial charge in [-0.25, -0.2) is 0 Å². The fraction of sp³-hybridized carbons (Fsp3) is 0.364. The van der Waals surface area contributed by atoms with Crippen molar-refractivity contribution in [2.45, 2.75) is 6.42 Å². The molecule has 0 saturated carbocycles. The van der Waals surface area contributed by atoms with Crippen LogP contribution in [-0.2, 0) is 0 Å². The van der Waals surface area contributed by atoms with Crippen LogP contribution in [-0.4, -0.2) is 26.5 Å². The highest BCUT2D eigenvalue weighted by Crippen LogP contribution is 2.35. The molecular formula is C11H14N2O3. The molecule has 1 aromatic carbocycles. The Hall–Kier alpha value is -1.91. The zero-order valence-electron chi connectivity index (χ0n) is 9.10. The molecule has 0 aromatic heterocycles. The molecule has 16 heavy (non-hydrogen) atoms. The summed E-state index contributed by atoms with van der Waals surface area (Å²) in [6.45, 7) is 1.30. The maximum absolute atomic E-state index is 5.55. The van der Waals surface area contributed by atoms with Crippen molar-refractivity contribution in [1.82, 2.24) is 0 Å². The third kappa shape index (κ3) is 2.03. The summed E-state index contributed by atoms with van der Waals surface area (Å²) in [5.74, 6) is 7.20. The minimum Gasteiger partial charge on any atom is -0.496 e. The average Bonchev–Trinajstić information content (AvgIpc) is 2.53. The molecular weight excluding hydrogens is 208 g/mol. The van der Waals surface area contributed by atoms with Gasteiger partial charge in [0.2, 0.25) is 0 Å². The molecule has 1 aliphatic rings. The molecule has 1 heterocycles. The van der Waals surface area contributed by atoms with E-state index in [1.54, 1.807) is 13.2 Å². The molecule has 0 saturated heterocycles. The lowest BCUT2D eigenvalue weighted by Crippen LogP contribution is -1.97. The molecule has 1 aliphatic heterocycles. The molecule has 0 radical (unpaired) electrons. The van der Waals surface area contributed by atoms with Gasteiger partial charge in [0.05, 0.1) is 26.5 Å². The highest BCUT2D eigenvalue weighted by atomic mass is 16.5. The molecule has 0 bridgehead atoms. The Morgan fingerprint density at radius 1 is 1.31 bits per heavy atom. The Labute approximate surface area is 93.8 Å². The first kappa shape index (κ1) is 10.6. The van der Waals surface area contributed by atoms with E-state index in [1.165, 1.54) is 6.21 Å². The zero-order valence-corrected chi connectivity index (χ0v) is 9.10. The van der Waals surface area contributed by atoms with Gasteiger partial charge in [-0.2, -0.15) is 5.10 Å². The molecule has 0 fully saturated rings. The summed E-state index contributed by atoms with van der Waals surface area (Å²) in [4.78, 5) is 0. The summed E-state index contributed by atoms with van der Waals surface area (Å²) < 4.78 is 16.3. The number of nitrogens with two attached hydrogens (primary N) is 1. The van der Waals surface area contributed by atoms with E-state index in [0.717, 1.165) is 12.0 Å². The van der Waals surface area contributed by atoms with Gasteiger partial charge in [-0.05, 0) is 6.07 Å². The molecule has 0 aliphatic carbocycles. The second-order valence-corrected chi connectivity index (χ2v) is 3.37. The van der Waals surface area contributed by atoms with E-state index >= 15 is 0 Å². The first-order chi connectivity index (χ1) is 7.85. The minimum absolute atomic E-state index is 0.651. The lowest BCUT2D eigenvalue weighted by atomic mass is 10.2. The van der Waals surface area contributed by atoms with Crippen LogP contribution in [0.4, 0.5) is 0 Å². The Morgan fingerprint density at radius 2 is 2.00 bits per heavy atom. The SMILES string of the molecule is COc1cc2c(cc1C=NN)OCCCO2. The summed E-state index contributed by atoms with van der Waals surface area (Å²) in [6, 6.07) is 3.60. The summed E-state index contributed by atoms with van der Waals surface area (Å²) in [6.07, 6.45) is 2.39. The van der Waals surface area contributed by atoms with Crippen LogP contribution in [0.1, 0.15) is 12.0 Å². The van der Waals surface area contributed by atoms with Crippen LogP contribution in [0.25, 0.3) is 0 Å². The van der Waals surface area contributed by atoms with Crippen molar-refractivity contribution >= 4 is 6.21 Å². The lowest BCUT2D eigenvalue weighted by Gasteiger charge is -2.11. The van der Waals surface area contributed by atoms with E-state index in [4.69, 9.17) is 20.1 Å². The van der Waals surface area contributed by atoms with Crippen LogP contribution < -0.4 is 20.1 Å². The fourth-order valence-electron chi connectivity index (χ4n) is 1.56. The van der Waals surface area contributed by atoms with Gasteiger partial charge in [-0.3, -0.25) is 0 Å². The number of benzene rings is 1. The van der Waals surface area contributed by atoms with Crippen LogP contribution in [0.3, 0.4) is 0 Å². The maximum Gasteiger partial charge on any atom is 0.164 e. The number of hydrogen-bond donors (Lipinski definition) is 1. The van der Waals surface area contributed by atoms with E-state index in [0.29, 0.717) is 30.5 Å². The minimum atomic E-state index is 0.651. The van der Waals surface area contributed by atoms with Crippen LogP contribution in [0.15, 0.2) is 17.2 Å². The molecule has 86 valence electrons. The van der Waals surface area contributed by atoms with E-state index in [9.17, 15) is 0 Å². The fourth-order valence-corrected chi connectivity index (χ4v) is 1.56. The summed E-state index contributed by atoms with van der Waals surface area (Å²) in [5.41, 5.74) is 0.772. The highest BCUT2D eigenvalue weighted by Gasteiger charge is 2.14. The van der Waals surface area contributed by atoms with Crippen molar-refractivity contribution in [2.75, 3.05) is 20.3 Å². The molecule has 1 aromatic rings. The molecule has 2 rings (SSSR count). The van der Waals surface area contributed by atoms with Gasteiger partial charge in [0.1, 0.15) is 5.75 Å². The van der Waals surface area contributed by atoms with Gasteiger partial charge in [0.25, 0.3) is 0 Å². The third-order valence-corrected chi connectivity index (χ3v) is 2.31. The summed E-state index contributed by atoms with van der Waals surface area (Å²) in [5, 5.41) is 3.49. The standard InChI is InChI=1S/C11H14N2O3/c1-14-9-6-11-10(5-8(9)7-13-12)15-3-2-4-16-11/h5-7H,2-4,12H2,1H3. The van der Waals surface area contributed by atoms with Crippen LogP contribution in [0.5, 0.6) is 17.2 Å². The average molecular weight is 222 g/mol. The molecule has 2 N–H and O–H groups in total. The predicted molar refractivity (Wildman–Crippen MR) is 60.4 cm³/mol.